The van der Waals surface area contributed by atoms with Crippen molar-refractivity contribution < 1.29 is 4.79 Å². The maximum Gasteiger partial charge on any atom is 0.222 e. The van der Waals surface area contributed by atoms with Crippen LogP contribution in [0.15, 0.2) is 12.7 Å². The highest BCUT2D eigenvalue weighted by Crippen LogP contribution is 2.38. The van der Waals surface area contributed by atoms with Gasteiger partial charge in [0.25, 0.3) is 0 Å². The molecule has 0 saturated carbocycles. The molecule has 3 saturated heterocycles. The molecule has 1 amide bonds. The molecule has 4 atom stereocenters. The molecule has 2 bridgehead atoms. The van der Waals surface area contributed by atoms with Crippen molar-refractivity contribution >= 4 is 5.91 Å². The van der Waals surface area contributed by atoms with Crippen LogP contribution in [0.4, 0.5) is 0 Å². The Bertz CT molecular complexity index is 328. The molecule has 0 aromatic heterocycles. The van der Waals surface area contributed by atoms with Crippen LogP contribution < -0.4 is 5.32 Å². The molecule has 0 aromatic rings. The minimum Gasteiger partial charge on any atom is -0.339 e. The molecule has 3 nitrogen and oxygen atoms in total. The lowest BCUT2D eigenvalue weighted by Crippen LogP contribution is -2.62. The highest BCUT2D eigenvalue weighted by Gasteiger charge is 2.44. The number of amides is 1. The van der Waals surface area contributed by atoms with Gasteiger partial charge in [0, 0.05) is 31.6 Å². The van der Waals surface area contributed by atoms with Crippen LogP contribution in [0.3, 0.4) is 0 Å². The van der Waals surface area contributed by atoms with E-state index in [4.69, 9.17) is 0 Å². The Kier molecular flexibility index (Phi) is 2.95. The van der Waals surface area contributed by atoms with Crippen molar-refractivity contribution in [3.05, 3.63) is 12.7 Å². The minimum atomic E-state index is 0.398. The van der Waals surface area contributed by atoms with Crippen molar-refractivity contribution in [1.82, 2.24) is 10.2 Å². The molecule has 94 valence electrons. The molecule has 0 unspecified atom stereocenters. The molecule has 0 radical (unpaired) electrons. The van der Waals surface area contributed by atoms with Crippen molar-refractivity contribution in [1.29, 1.82) is 0 Å². The van der Waals surface area contributed by atoms with E-state index < -0.39 is 0 Å². The fourth-order valence-corrected chi connectivity index (χ4v) is 3.98. The summed E-state index contributed by atoms with van der Waals surface area (Å²) in [6.45, 7) is 5.90. The SMILES string of the molecule is C=CC[C@@H]1NC[C@H]2C[C@H]1CN1C(=O)CCC[C@H]21. The monoisotopic (exact) mass is 234 g/mol. The summed E-state index contributed by atoms with van der Waals surface area (Å²) in [6.07, 6.45) is 7.43. The van der Waals surface area contributed by atoms with Gasteiger partial charge in [0.05, 0.1) is 0 Å². The number of rotatable bonds is 2. The van der Waals surface area contributed by atoms with Gasteiger partial charge in [0.2, 0.25) is 5.91 Å². The number of carbonyl (C=O) groups is 1. The fraction of sp³-hybridized carbons (Fsp3) is 0.786. The van der Waals surface area contributed by atoms with E-state index in [0.29, 0.717) is 29.8 Å². The van der Waals surface area contributed by atoms with E-state index in [2.05, 4.69) is 16.8 Å². The summed E-state index contributed by atoms with van der Waals surface area (Å²) in [5.74, 6) is 1.74. The molecule has 3 fully saturated rings. The van der Waals surface area contributed by atoms with Gasteiger partial charge in [0.15, 0.2) is 0 Å². The molecule has 3 heteroatoms. The first-order valence-electron chi connectivity index (χ1n) is 6.93. The summed E-state index contributed by atoms with van der Waals surface area (Å²) >= 11 is 0. The molecular weight excluding hydrogens is 212 g/mol. The molecule has 0 aliphatic carbocycles. The van der Waals surface area contributed by atoms with E-state index in [1.807, 2.05) is 6.08 Å². The Labute approximate surface area is 103 Å². The highest BCUT2D eigenvalue weighted by atomic mass is 16.2. The van der Waals surface area contributed by atoms with Gasteiger partial charge in [-0.2, -0.15) is 0 Å². The number of hydrogen-bond acceptors (Lipinski definition) is 2. The second kappa shape index (κ2) is 4.45. The van der Waals surface area contributed by atoms with Gasteiger partial charge >= 0.3 is 0 Å². The van der Waals surface area contributed by atoms with E-state index in [1.54, 1.807) is 0 Å². The molecular formula is C14H22N2O. The first-order chi connectivity index (χ1) is 8.29. The molecule has 0 aromatic carbocycles. The van der Waals surface area contributed by atoms with E-state index in [0.717, 1.165) is 32.4 Å². The van der Waals surface area contributed by atoms with Gasteiger partial charge in [-0.15, -0.1) is 6.58 Å². The molecule has 1 N–H and O–H groups in total. The van der Waals surface area contributed by atoms with E-state index in [1.165, 1.54) is 12.8 Å². The number of hydrogen-bond donors (Lipinski definition) is 1. The van der Waals surface area contributed by atoms with Gasteiger partial charge in [-0.25, -0.2) is 0 Å². The van der Waals surface area contributed by atoms with Gasteiger partial charge in [-0.05, 0) is 37.5 Å². The van der Waals surface area contributed by atoms with Crippen molar-refractivity contribution in [3.8, 4) is 0 Å². The number of carbonyl (C=O) groups excluding carboxylic acids is 1. The summed E-state index contributed by atoms with van der Waals surface area (Å²) in [5.41, 5.74) is 0. The fourth-order valence-electron chi connectivity index (χ4n) is 3.98. The predicted molar refractivity (Wildman–Crippen MR) is 67.6 cm³/mol. The Morgan fingerprint density at radius 2 is 2.35 bits per heavy atom. The second-order valence-electron chi connectivity index (χ2n) is 5.80. The largest absolute Gasteiger partial charge is 0.339 e. The van der Waals surface area contributed by atoms with Crippen LogP contribution in [-0.2, 0) is 4.79 Å². The lowest BCUT2D eigenvalue weighted by molar-refractivity contribution is -0.143. The number of nitrogens with zero attached hydrogens (tertiary/aromatic N) is 1. The van der Waals surface area contributed by atoms with Crippen molar-refractivity contribution in [2.24, 2.45) is 11.8 Å². The Hall–Kier alpha value is -0.830. The molecule has 3 rings (SSSR count). The molecule has 17 heavy (non-hydrogen) atoms. The zero-order chi connectivity index (χ0) is 11.8. The minimum absolute atomic E-state index is 0.398. The van der Waals surface area contributed by atoms with Crippen LogP contribution in [0.25, 0.3) is 0 Å². The molecule has 3 aliphatic rings. The van der Waals surface area contributed by atoms with E-state index in [9.17, 15) is 4.79 Å². The average Bonchev–Trinajstić information content (AvgIpc) is 2.34. The number of nitrogens with one attached hydrogen (secondary N) is 1. The Morgan fingerprint density at radius 1 is 1.47 bits per heavy atom. The topological polar surface area (TPSA) is 32.3 Å². The number of fused-ring (bicyclic) bond motifs is 4. The average molecular weight is 234 g/mol. The normalized spacial score (nSPS) is 40.9. The van der Waals surface area contributed by atoms with Crippen LogP contribution in [0.5, 0.6) is 0 Å². The maximum atomic E-state index is 12.0. The van der Waals surface area contributed by atoms with Gasteiger partial charge in [-0.3, -0.25) is 4.79 Å². The maximum absolute atomic E-state index is 12.0. The molecule has 3 heterocycles. The standard InChI is InChI=1S/C14H22N2O/c1-2-4-12-11-7-10(8-15-12)13-5-3-6-14(17)16(13)9-11/h2,10-13,15H,1,3-9H2/t10-,11+,12+,13-/m1/s1. The van der Waals surface area contributed by atoms with Crippen LogP contribution in [-0.4, -0.2) is 36.0 Å². The summed E-state index contributed by atoms with van der Waals surface area (Å²) in [4.78, 5) is 14.2. The summed E-state index contributed by atoms with van der Waals surface area (Å²) < 4.78 is 0. The third-order valence-corrected chi connectivity index (χ3v) is 4.82. The number of piperidine rings is 3. The quantitative estimate of drug-likeness (QED) is 0.735. The summed E-state index contributed by atoms with van der Waals surface area (Å²) in [7, 11) is 0. The van der Waals surface area contributed by atoms with E-state index >= 15 is 0 Å². The third-order valence-electron chi connectivity index (χ3n) is 4.82. The van der Waals surface area contributed by atoms with E-state index in [-0.39, 0.29) is 0 Å². The van der Waals surface area contributed by atoms with Gasteiger partial charge in [0.1, 0.15) is 0 Å². The Morgan fingerprint density at radius 3 is 3.18 bits per heavy atom. The van der Waals surface area contributed by atoms with Gasteiger partial charge in [-0.1, -0.05) is 6.08 Å². The Balaban J connectivity index is 1.77. The third kappa shape index (κ3) is 1.90. The van der Waals surface area contributed by atoms with Crippen LogP contribution >= 0.6 is 0 Å². The molecule has 0 spiro atoms. The predicted octanol–water partition coefficient (Wildman–Crippen LogP) is 1.55. The molecule has 3 aliphatic heterocycles. The zero-order valence-corrected chi connectivity index (χ0v) is 10.4. The summed E-state index contributed by atoms with van der Waals surface area (Å²) in [5, 5.41) is 3.66. The first kappa shape index (κ1) is 11.3. The van der Waals surface area contributed by atoms with Crippen LogP contribution in [0, 0.1) is 11.8 Å². The van der Waals surface area contributed by atoms with Crippen LogP contribution in [0.1, 0.15) is 32.1 Å². The summed E-state index contributed by atoms with van der Waals surface area (Å²) in [6, 6.07) is 1.07. The van der Waals surface area contributed by atoms with Crippen LogP contribution in [0.2, 0.25) is 0 Å². The lowest BCUT2D eigenvalue weighted by atomic mass is 9.73. The second-order valence-corrected chi connectivity index (χ2v) is 5.80. The van der Waals surface area contributed by atoms with Crippen molar-refractivity contribution in [2.45, 2.75) is 44.2 Å². The highest BCUT2D eigenvalue weighted by molar-refractivity contribution is 5.77. The first-order valence-corrected chi connectivity index (χ1v) is 6.93. The van der Waals surface area contributed by atoms with Crippen molar-refractivity contribution in [3.63, 3.8) is 0 Å². The zero-order valence-electron chi connectivity index (χ0n) is 10.4. The van der Waals surface area contributed by atoms with Gasteiger partial charge < -0.3 is 10.2 Å². The smallest absolute Gasteiger partial charge is 0.222 e. The lowest BCUT2D eigenvalue weighted by Gasteiger charge is -2.52. The van der Waals surface area contributed by atoms with Crippen molar-refractivity contribution in [2.75, 3.05) is 13.1 Å².